The average molecular weight is 321 g/mol. The molecular formula is C14H12FN3O3S. The number of nitrogens with one attached hydrogen (secondary N) is 1. The van der Waals surface area contributed by atoms with Crippen LogP contribution in [0.25, 0.3) is 0 Å². The first-order valence-corrected chi connectivity index (χ1v) is 6.96. The van der Waals surface area contributed by atoms with Crippen LogP contribution >= 0.6 is 11.8 Å². The second kappa shape index (κ2) is 6.99. The summed E-state index contributed by atoms with van der Waals surface area (Å²) in [5.41, 5.74) is 1.32. The number of amides is 1. The Morgan fingerprint density at radius 3 is 2.86 bits per heavy atom. The van der Waals surface area contributed by atoms with Crippen LogP contribution in [0.1, 0.15) is 11.1 Å². The number of carbonyl (C=O) groups excluding carboxylic acids is 2. The molecule has 1 heterocycles. The molecule has 114 valence electrons. The van der Waals surface area contributed by atoms with Crippen molar-refractivity contribution >= 4 is 35.0 Å². The van der Waals surface area contributed by atoms with Crippen LogP contribution in [0.2, 0.25) is 0 Å². The lowest BCUT2D eigenvalue weighted by molar-refractivity contribution is -0.135. The zero-order chi connectivity index (χ0) is 16.1. The Morgan fingerprint density at radius 2 is 2.18 bits per heavy atom. The summed E-state index contributed by atoms with van der Waals surface area (Å²) in [4.78, 5) is 22.8. The maximum absolute atomic E-state index is 13.2. The summed E-state index contributed by atoms with van der Waals surface area (Å²) in [5.74, 6) is -1.44. The summed E-state index contributed by atoms with van der Waals surface area (Å²) >= 11 is 0.966. The molecule has 1 aromatic carbocycles. The number of thioether (sulfide) groups is 1. The first-order valence-electron chi connectivity index (χ1n) is 6.15. The number of amidine groups is 1. The summed E-state index contributed by atoms with van der Waals surface area (Å²) < 4.78 is 17.6. The molecule has 1 amide bonds. The van der Waals surface area contributed by atoms with E-state index < -0.39 is 11.9 Å². The number of esters is 1. The molecular weight excluding hydrogens is 309 g/mol. The topological polar surface area (TPSA) is 80.1 Å². The molecule has 0 aliphatic carbocycles. The third-order valence-corrected chi connectivity index (χ3v) is 3.42. The van der Waals surface area contributed by atoms with Gasteiger partial charge in [0.1, 0.15) is 5.82 Å². The number of methoxy groups -OCH3 is 1. The summed E-state index contributed by atoms with van der Waals surface area (Å²) in [6, 6.07) is 4.47. The van der Waals surface area contributed by atoms with Gasteiger partial charge in [0.2, 0.25) is 0 Å². The molecule has 8 heteroatoms. The predicted molar refractivity (Wildman–Crippen MR) is 82.0 cm³/mol. The highest BCUT2D eigenvalue weighted by molar-refractivity contribution is 8.18. The molecule has 0 saturated carbocycles. The summed E-state index contributed by atoms with van der Waals surface area (Å²) in [6.07, 6.45) is 2.44. The number of rotatable bonds is 3. The molecule has 0 unspecified atom stereocenters. The van der Waals surface area contributed by atoms with Crippen molar-refractivity contribution < 1.29 is 18.7 Å². The zero-order valence-corrected chi connectivity index (χ0v) is 12.6. The van der Waals surface area contributed by atoms with Gasteiger partial charge in [0.05, 0.1) is 18.2 Å². The van der Waals surface area contributed by atoms with Gasteiger partial charge < -0.3 is 4.74 Å². The predicted octanol–water partition coefficient (Wildman–Crippen LogP) is 1.74. The minimum atomic E-state index is -0.627. The van der Waals surface area contributed by atoms with E-state index in [2.05, 4.69) is 20.3 Å². The van der Waals surface area contributed by atoms with E-state index in [1.165, 1.54) is 25.5 Å². The van der Waals surface area contributed by atoms with Crippen LogP contribution in [0.3, 0.4) is 0 Å². The number of aryl methyl sites for hydroxylation is 1. The second-order valence-corrected chi connectivity index (χ2v) is 5.33. The Bertz CT molecular complexity index is 693. The van der Waals surface area contributed by atoms with Crippen molar-refractivity contribution in [2.24, 2.45) is 10.2 Å². The van der Waals surface area contributed by atoms with Crippen molar-refractivity contribution in [3.63, 3.8) is 0 Å². The van der Waals surface area contributed by atoms with Gasteiger partial charge in [-0.05, 0) is 41.9 Å². The summed E-state index contributed by atoms with van der Waals surface area (Å²) in [5, 5.41) is 10.3. The Hall–Kier alpha value is -2.48. The Labute approximate surface area is 130 Å². The van der Waals surface area contributed by atoms with E-state index in [0.29, 0.717) is 5.56 Å². The molecule has 0 radical (unpaired) electrons. The summed E-state index contributed by atoms with van der Waals surface area (Å²) in [6.45, 7) is 1.77. The number of halogens is 1. The second-order valence-electron chi connectivity index (χ2n) is 4.30. The van der Waals surface area contributed by atoms with Gasteiger partial charge in [0, 0.05) is 6.08 Å². The van der Waals surface area contributed by atoms with E-state index in [-0.39, 0.29) is 15.9 Å². The first kappa shape index (κ1) is 15.9. The summed E-state index contributed by atoms with van der Waals surface area (Å²) in [7, 11) is 1.22. The molecule has 2 rings (SSSR count). The number of hydrogen-bond acceptors (Lipinski definition) is 6. The number of benzene rings is 1. The highest BCUT2D eigenvalue weighted by atomic mass is 32.2. The van der Waals surface area contributed by atoms with Crippen molar-refractivity contribution in [2.45, 2.75) is 6.92 Å². The van der Waals surface area contributed by atoms with Gasteiger partial charge in [-0.3, -0.25) is 10.1 Å². The molecule has 0 atom stereocenters. The van der Waals surface area contributed by atoms with E-state index in [4.69, 9.17) is 0 Å². The maximum atomic E-state index is 13.2. The van der Waals surface area contributed by atoms with Crippen LogP contribution in [0.4, 0.5) is 4.39 Å². The fourth-order valence-electron chi connectivity index (χ4n) is 1.63. The molecule has 1 aromatic rings. The van der Waals surface area contributed by atoms with Crippen molar-refractivity contribution in [2.75, 3.05) is 7.11 Å². The molecule has 1 aliphatic heterocycles. The van der Waals surface area contributed by atoms with Gasteiger partial charge in [-0.1, -0.05) is 6.07 Å². The van der Waals surface area contributed by atoms with Crippen LogP contribution in [0.15, 0.2) is 39.4 Å². The van der Waals surface area contributed by atoms with Gasteiger partial charge in [-0.15, -0.1) is 5.10 Å². The fraction of sp³-hybridized carbons (Fsp3) is 0.143. The smallest absolute Gasteiger partial charge is 0.331 e. The van der Waals surface area contributed by atoms with E-state index >= 15 is 0 Å². The van der Waals surface area contributed by atoms with Crippen LogP contribution in [-0.2, 0) is 14.3 Å². The largest absolute Gasteiger partial charge is 0.466 e. The highest BCUT2D eigenvalue weighted by Crippen LogP contribution is 2.23. The van der Waals surface area contributed by atoms with Crippen LogP contribution in [0.5, 0.6) is 0 Å². The zero-order valence-electron chi connectivity index (χ0n) is 11.8. The monoisotopic (exact) mass is 321 g/mol. The standard InChI is InChI=1S/C14H12FN3O3S/c1-8-3-9(5-10(15)4-8)7-16-18-14-17-13(20)11(22-14)6-12(19)21-2/h3-7H,1-2H3,(H,17,18,20)/b11-6+,16-7?. The number of ether oxygens (including phenoxy) is 1. The first-order chi connectivity index (χ1) is 10.5. The quantitative estimate of drug-likeness (QED) is 0.398. The van der Waals surface area contributed by atoms with E-state index in [1.807, 2.05) is 0 Å². The molecule has 1 saturated heterocycles. The van der Waals surface area contributed by atoms with Gasteiger partial charge in [0.25, 0.3) is 5.91 Å². The van der Waals surface area contributed by atoms with Gasteiger partial charge in [-0.2, -0.15) is 5.10 Å². The van der Waals surface area contributed by atoms with Crippen molar-refractivity contribution in [1.29, 1.82) is 0 Å². The lowest BCUT2D eigenvalue weighted by atomic mass is 10.1. The molecule has 0 bridgehead atoms. The molecule has 22 heavy (non-hydrogen) atoms. The SMILES string of the molecule is COC(=O)/C=C1/S/C(=N\N=Cc2cc(C)cc(F)c2)NC1=O. The van der Waals surface area contributed by atoms with Crippen LogP contribution in [0, 0.1) is 12.7 Å². The van der Waals surface area contributed by atoms with Gasteiger partial charge >= 0.3 is 5.97 Å². The minimum Gasteiger partial charge on any atom is -0.466 e. The molecule has 0 spiro atoms. The van der Waals surface area contributed by atoms with Crippen molar-refractivity contribution in [3.8, 4) is 0 Å². The maximum Gasteiger partial charge on any atom is 0.331 e. The third kappa shape index (κ3) is 4.26. The number of nitrogens with zero attached hydrogens (tertiary/aromatic N) is 2. The van der Waals surface area contributed by atoms with Crippen LogP contribution < -0.4 is 5.32 Å². The third-order valence-electron chi connectivity index (χ3n) is 2.52. The lowest BCUT2D eigenvalue weighted by Gasteiger charge is -1.96. The Balaban J connectivity index is 2.08. The molecule has 6 nitrogen and oxygen atoms in total. The Morgan fingerprint density at radius 1 is 1.41 bits per heavy atom. The average Bonchev–Trinajstić information content (AvgIpc) is 2.78. The van der Waals surface area contributed by atoms with Gasteiger partial charge in [-0.25, -0.2) is 9.18 Å². The molecule has 0 aromatic heterocycles. The van der Waals surface area contributed by atoms with E-state index in [9.17, 15) is 14.0 Å². The number of carbonyl (C=O) groups is 2. The van der Waals surface area contributed by atoms with Crippen molar-refractivity contribution in [3.05, 3.63) is 46.1 Å². The van der Waals surface area contributed by atoms with E-state index in [0.717, 1.165) is 23.4 Å². The van der Waals surface area contributed by atoms with Crippen LogP contribution in [-0.4, -0.2) is 30.4 Å². The number of hydrogen-bond donors (Lipinski definition) is 1. The molecule has 1 N–H and O–H groups in total. The minimum absolute atomic E-state index is 0.169. The van der Waals surface area contributed by atoms with Gasteiger partial charge in [0.15, 0.2) is 5.17 Å². The normalized spacial score (nSPS) is 18.2. The lowest BCUT2D eigenvalue weighted by Crippen LogP contribution is -2.19. The van der Waals surface area contributed by atoms with Crippen molar-refractivity contribution in [1.82, 2.24) is 5.32 Å². The Kier molecular flexibility index (Phi) is 5.05. The fourth-order valence-corrected chi connectivity index (χ4v) is 2.37. The molecule has 1 aliphatic rings. The highest BCUT2D eigenvalue weighted by Gasteiger charge is 2.24. The molecule has 1 fully saturated rings. The van der Waals surface area contributed by atoms with E-state index in [1.54, 1.807) is 13.0 Å².